The number of fused-ring (bicyclic) bond motifs is 2. The molecule has 0 spiro atoms. The van der Waals surface area contributed by atoms with Crippen LogP contribution in [0.2, 0.25) is 0 Å². The Morgan fingerprint density at radius 3 is 2.33 bits per heavy atom. The Balaban J connectivity index is 0.00000169. The largest absolute Gasteiger partial charge is 1.00 e. The molecule has 0 saturated heterocycles. The predicted octanol–water partition coefficient (Wildman–Crippen LogP) is 3.32. The Labute approximate surface area is 157 Å². The molecule has 0 unspecified atom stereocenters. The van der Waals surface area contributed by atoms with E-state index in [1.807, 2.05) is 0 Å². The SMILES string of the molecule is Cc1cc2c(-c3ccc(C(C)(C)C)cc3)c3c(cc2[cH-]1)CCC3.[Li+]. The first-order chi connectivity index (χ1) is 10.9. The van der Waals surface area contributed by atoms with Crippen molar-refractivity contribution in [3.63, 3.8) is 0 Å². The molecule has 24 heavy (non-hydrogen) atoms. The molecule has 118 valence electrons. The fourth-order valence-electron chi connectivity index (χ4n) is 4.04. The molecule has 1 aliphatic carbocycles. The minimum atomic E-state index is 0. The van der Waals surface area contributed by atoms with E-state index in [4.69, 9.17) is 0 Å². The molecule has 0 saturated carbocycles. The topological polar surface area (TPSA) is 0 Å². The average Bonchev–Trinajstić information content (AvgIpc) is 3.08. The van der Waals surface area contributed by atoms with Crippen molar-refractivity contribution in [2.24, 2.45) is 0 Å². The number of rotatable bonds is 1. The summed E-state index contributed by atoms with van der Waals surface area (Å²) in [7, 11) is 0. The van der Waals surface area contributed by atoms with Gasteiger partial charge in [-0.3, -0.25) is 0 Å². The summed E-state index contributed by atoms with van der Waals surface area (Å²) in [5.74, 6) is 0. The summed E-state index contributed by atoms with van der Waals surface area (Å²) in [5, 5.41) is 2.85. The van der Waals surface area contributed by atoms with E-state index in [1.54, 1.807) is 11.1 Å². The van der Waals surface area contributed by atoms with Crippen LogP contribution in [0.1, 0.15) is 49.4 Å². The maximum atomic E-state index is 2.43. The summed E-state index contributed by atoms with van der Waals surface area (Å²) >= 11 is 0. The molecule has 1 heteroatoms. The Bertz CT molecular complexity index is 873. The van der Waals surface area contributed by atoms with Gasteiger partial charge >= 0.3 is 18.9 Å². The minimum Gasteiger partial charge on any atom is -0.165 e. The van der Waals surface area contributed by atoms with Gasteiger partial charge in [0, 0.05) is 0 Å². The molecule has 0 amide bonds. The Morgan fingerprint density at radius 1 is 0.958 bits per heavy atom. The first-order valence-electron chi connectivity index (χ1n) is 8.76. The predicted molar refractivity (Wildman–Crippen MR) is 100 cm³/mol. The zero-order chi connectivity index (χ0) is 16.2. The second-order valence-corrected chi connectivity index (χ2v) is 8.11. The first-order valence-corrected chi connectivity index (χ1v) is 8.76. The van der Waals surface area contributed by atoms with E-state index in [0.717, 1.165) is 0 Å². The molecule has 3 aromatic carbocycles. The third-order valence-corrected chi connectivity index (χ3v) is 5.27. The molecular formula is C23H25Li. The zero-order valence-corrected chi connectivity index (χ0v) is 15.7. The fourth-order valence-corrected chi connectivity index (χ4v) is 4.04. The van der Waals surface area contributed by atoms with E-state index in [2.05, 4.69) is 70.2 Å². The van der Waals surface area contributed by atoms with Crippen LogP contribution in [-0.4, -0.2) is 0 Å². The quantitative estimate of drug-likeness (QED) is 0.478. The van der Waals surface area contributed by atoms with E-state index in [9.17, 15) is 0 Å². The normalized spacial score (nSPS) is 13.8. The van der Waals surface area contributed by atoms with Gasteiger partial charge in [0.1, 0.15) is 0 Å². The van der Waals surface area contributed by atoms with Crippen LogP contribution in [0, 0.1) is 6.92 Å². The van der Waals surface area contributed by atoms with Gasteiger partial charge in [0.25, 0.3) is 0 Å². The van der Waals surface area contributed by atoms with Gasteiger partial charge in [-0.1, -0.05) is 68.7 Å². The molecule has 0 bridgehead atoms. The average molecular weight is 308 g/mol. The Morgan fingerprint density at radius 2 is 1.67 bits per heavy atom. The molecule has 3 aromatic rings. The first kappa shape index (κ1) is 17.5. The second kappa shape index (κ2) is 6.18. The Kier molecular flexibility index (Phi) is 4.50. The van der Waals surface area contributed by atoms with Crippen LogP contribution in [-0.2, 0) is 18.3 Å². The van der Waals surface area contributed by atoms with Crippen molar-refractivity contribution >= 4 is 10.8 Å². The van der Waals surface area contributed by atoms with E-state index < -0.39 is 0 Å². The van der Waals surface area contributed by atoms with E-state index in [0.29, 0.717) is 0 Å². The van der Waals surface area contributed by atoms with Crippen LogP contribution in [0.4, 0.5) is 0 Å². The third-order valence-electron chi connectivity index (χ3n) is 5.27. The van der Waals surface area contributed by atoms with Gasteiger partial charge in [-0.2, -0.15) is 6.07 Å². The number of hydrogen-bond acceptors (Lipinski definition) is 0. The fraction of sp³-hybridized carbons (Fsp3) is 0.348. The van der Waals surface area contributed by atoms with Crippen molar-refractivity contribution in [3.8, 4) is 11.1 Å². The van der Waals surface area contributed by atoms with Crippen LogP contribution in [0.3, 0.4) is 0 Å². The monoisotopic (exact) mass is 308 g/mol. The van der Waals surface area contributed by atoms with Crippen LogP contribution in [0.5, 0.6) is 0 Å². The standard InChI is InChI=1S/C23H25.Li/c1-15-12-18-14-17-6-5-7-20(17)22(21(18)13-15)16-8-10-19(11-9-16)23(2,3)4;/h8-14H,5-7H2,1-4H3;/q-1;+1. The second-order valence-electron chi connectivity index (χ2n) is 8.11. The van der Waals surface area contributed by atoms with Gasteiger partial charge in [0.15, 0.2) is 0 Å². The summed E-state index contributed by atoms with van der Waals surface area (Å²) in [6.45, 7) is 9.04. The van der Waals surface area contributed by atoms with Gasteiger partial charge in [0.05, 0.1) is 0 Å². The number of hydrogen-bond donors (Lipinski definition) is 0. The molecule has 0 N–H and O–H groups in total. The molecule has 0 heterocycles. The van der Waals surface area contributed by atoms with E-state index >= 15 is 0 Å². The molecule has 4 rings (SSSR count). The minimum absolute atomic E-state index is 0. The van der Waals surface area contributed by atoms with Crippen molar-refractivity contribution in [2.45, 2.75) is 52.4 Å². The molecule has 0 fully saturated rings. The summed E-state index contributed by atoms with van der Waals surface area (Å²) in [6.07, 6.45) is 3.77. The van der Waals surface area contributed by atoms with Crippen LogP contribution in [0.15, 0.2) is 42.5 Å². The van der Waals surface area contributed by atoms with Crippen LogP contribution in [0.25, 0.3) is 21.9 Å². The Hall–Kier alpha value is -1.35. The zero-order valence-electron chi connectivity index (χ0n) is 15.7. The molecular weight excluding hydrogens is 283 g/mol. The molecule has 0 aliphatic heterocycles. The molecule has 0 aromatic heterocycles. The molecule has 1 aliphatic rings. The summed E-state index contributed by atoms with van der Waals surface area (Å²) in [6, 6.07) is 16.4. The number of aryl methyl sites for hydroxylation is 2. The molecule has 0 nitrogen and oxygen atoms in total. The van der Waals surface area contributed by atoms with Gasteiger partial charge < -0.3 is 0 Å². The van der Waals surface area contributed by atoms with Gasteiger partial charge in [-0.25, -0.2) is 0 Å². The maximum absolute atomic E-state index is 2.43. The summed E-state index contributed by atoms with van der Waals surface area (Å²) in [5.41, 5.74) is 9.02. The number of benzene rings is 2. The van der Waals surface area contributed by atoms with Crippen molar-refractivity contribution in [1.29, 1.82) is 0 Å². The van der Waals surface area contributed by atoms with E-state index in [1.165, 1.54) is 52.3 Å². The smallest absolute Gasteiger partial charge is 0.165 e. The summed E-state index contributed by atoms with van der Waals surface area (Å²) < 4.78 is 0. The van der Waals surface area contributed by atoms with Gasteiger partial charge in [0.2, 0.25) is 0 Å². The maximum Gasteiger partial charge on any atom is 1.00 e. The van der Waals surface area contributed by atoms with Gasteiger partial charge in [-0.05, 0) is 35.8 Å². The van der Waals surface area contributed by atoms with Gasteiger partial charge in [-0.15, -0.1) is 28.5 Å². The molecule has 0 atom stereocenters. The summed E-state index contributed by atoms with van der Waals surface area (Å²) in [4.78, 5) is 0. The van der Waals surface area contributed by atoms with Crippen molar-refractivity contribution < 1.29 is 18.9 Å². The van der Waals surface area contributed by atoms with Crippen molar-refractivity contribution in [2.75, 3.05) is 0 Å². The van der Waals surface area contributed by atoms with Crippen molar-refractivity contribution in [3.05, 3.63) is 64.7 Å². The third kappa shape index (κ3) is 2.88. The van der Waals surface area contributed by atoms with Crippen LogP contribution >= 0.6 is 0 Å². The molecule has 0 radical (unpaired) electrons. The van der Waals surface area contributed by atoms with Crippen molar-refractivity contribution in [1.82, 2.24) is 0 Å². The van der Waals surface area contributed by atoms with Crippen LogP contribution < -0.4 is 18.9 Å². The van der Waals surface area contributed by atoms with E-state index in [-0.39, 0.29) is 24.3 Å².